The third-order valence-corrected chi connectivity index (χ3v) is 4.94. The molecule has 3 rings (SSSR count). The predicted octanol–water partition coefficient (Wildman–Crippen LogP) is 2.54. The Morgan fingerprint density at radius 1 is 1.20 bits per heavy atom. The van der Waals surface area contributed by atoms with Crippen molar-refractivity contribution in [3.05, 3.63) is 29.3 Å². The zero-order valence-corrected chi connectivity index (χ0v) is 12.6. The van der Waals surface area contributed by atoms with Crippen LogP contribution < -0.4 is 5.46 Å². The van der Waals surface area contributed by atoms with E-state index in [1.165, 1.54) is 5.56 Å². The van der Waals surface area contributed by atoms with Crippen molar-refractivity contribution in [1.82, 2.24) is 0 Å². The fourth-order valence-corrected chi connectivity index (χ4v) is 3.02. The highest BCUT2D eigenvalue weighted by molar-refractivity contribution is 6.62. The lowest BCUT2D eigenvalue weighted by atomic mass is 9.73. The second kappa shape index (κ2) is 4.34. The van der Waals surface area contributed by atoms with E-state index in [9.17, 15) is 5.26 Å². The van der Waals surface area contributed by atoms with Crippen molar-refractivity contribution in [2.24, 2.45) is 0 Å². The minimum atomic E-state index is -0.371. The molecule has 1 heterocycles. The van der Waals surface area contributed by atoms with Crippen molar-refractivity contribution in [3.63, 3.8) is 0 Å². The van der Waals surface area contributed by atoms with Gasteiger partial charge in [-0.25, -0.2) is 0 Å². The Morgan fingerprint density at radius 2 is 1.85 bits per heavy atom. The lowest BCUT2D eigenvalue weighted by Crippen LogP contribution is -2.41. The predicted molar refractivity (Wildman–Crippen MR) is 78.8 cm³/mol. The van der Waals surface area contributed by atoms with Crippen LogP contribution in [0.2, 0.25) is 0 Å². The number of hydrogen-bond donors (Lipinski definition) is 0. The van der Waals surface area contributed by atoms with Crippen molar-refractivity contribution in [1.29, 1.82) is 5.26 Å². The Bertz CT molecular complexity index is 573. The maximum absolute atomic E-state index is 9.35. The molecule has 1 aliphatic heterocycles. The van der Waals surface area contributed by atoms with Gasteiger partial charge in [-0.2, -0.15) is 5.26 Å². The third kappa shape index (κ3) is 1.89. The molecular formula is C16H20BNO2. The van der Waals surface area contributed by atoms with Crippen molar-refractivity contribution in [2.45, 2.75) is 57.7 Å². The molecule has 1 fully saturated rings. The summed E-state index contributed by atoms with van der Waals surface area (Å²) in [7, 11) is -0.371. The lowest BCUT2D eigenvalue weighted by Gasteiger charge is -2.32. The minimum absolute atomic E-state index is 0.0276. The van der Waals surface area contributed by atoms with Gasteiger partial charge < -0.3 is 9.31 Å². The highest BCUT2D eigenvalue weighted by Gasteiger charge is 2.52. The molecule has 20 heavy (non-hydrogen) atoms. The van der Waals surface area contributed by atoms with Crippen LogP contribution >= 0.6 is 0 Å². The fraction of sp³-hybridized carbons (Fsp3) is 0.562. The van der Waals surface area contributed by atoms with E-state index in [0.29, 0.717) is 0 Å². The smallest absolute Gasteiger partial charge is 0.399 e. The van der Waals surface area contributed by atoms with Crippen molar-refractivity contribution in [2.75, 3.05) is 0 Å². The van der Waals surface area contributed by atoms with Gasteiger partial charge in [0.1, 0.15) is 0 Å². The van der Waals surface area contributed by atoms with E-state index >= 15 is 0 Å². The second-order valence-corrected chi connectivity index (χ2v) is 6.73. The van der Waals surface area contributed by atoms with Crippen molar-refractivity contribution in [3.8, 4) is 6.07 Å². The highest BCUT2D eigenvalue weighted by Crippen LogP contribution is 2.38. The molecule has 1 aromatic carbocycles. The van der Waals surface area contributed by atoms with E-state index in [1.807, 2.05) is 12.1 Å². The van der Waals surface area contributed by atoms with Gasteiger partial charge in [0.15, 0.2) is 0 Å². The highest BCUT2D eigenvalue weighted by atomic mass is 16.7. The maximum atomic E-state index is 9.35. The third-order valence-electron chi connectivity index (χ3n) is 4.94. The Hall–Kier alpha value is -1.31. The summed E-state index contributed by atoms with van der Waals surface area (Å²) in [6.07, 6.45) is 1.88. The van der Waals surface area contributed by atoms with Gasteiger partial charge in [-0.15, -0.1) is 0 Å². The molecule has 2 aliphatic rings. The quantitative estimate of drug-likeness (QED) is 0.736. The zero-order chi connectivity index (χ0) is 14.5. The first kappa shape index (κ1) is 13.7. The topological polar surface area (TPSA) is 42.2 Å². The fourth-order valence-electron chi connectivity index (χ4n) is 3.02. The number of nitriles is 1. The molecular weight excluding hydrogens is 249 g/mol. The molecule has 1 saturated heterocycles. The minimum Gasteiger partial charge on any atom is -0.399 e. The van der Waals surface area contributed by atoms with Crippen LogP contribution in [0.5, 0.6) is 0 Å². The molecule has 0 bridgehead atoms. The molecule has 0 aromatic heterocycles. The molecule has 0 N–H and O–H groups in total. The molecule has 1 atom stereocenters. The summed E-state index contributed by atoms with van der Waals surface area (Å²) in [6, 6.07) is 8.61. The summed E-state index contributed by atoms with van der Waals surface area (Å²) in [5.41, 5.74) is 2.74. The van der Waals surface area contributed by atoms with Gasteiger partial charge in [-0.3, -0.25) is 0 Å². The van der Waals surface area contributed by atoms with Gasteiger partial charge in [-0.1, -0.05) is 18.2 Å². The van der Waals surface area contributed by atoms with Gasteiger partial charge in [0.05, 0.1) is 23.2 Å². The number of nitrogens with zero attached hydrogens (tertiary/aromatic N) is 1. The maximum Gasteiger partial charge on any atom is 0.495 e. The van der Waals surface area contributed by atoms with Crippen LogP contribution in [-0.2, 0) is 15.7 Å². The molecule has 1 aromatic rings. The molecule has 4 heteroatoms. The molecule has 1 unspecified atom stereocenters. The zero-order valence-electron chi connectivity index (χ0n) is 12.6. The van der Waals surface area contributed by atoms with Crippen LogP contribution in [0.25, 0.3) is 0 Å². The van der Waals surface area contributed by atoms with E-state index in [4.69, 9.17) is 9.31 Å². The largest absolute Gasteiger partial charge is 0.495 e. The summed E-state index contributed by atoms with van der Waals surface area (Å²) in [5.74, 6) is -0.0276. The summed E-state index contributed by atoms with van der Waals surface area (Å²) >= 11 is 0. The summed E-state index contributed by atoms with van der Waals surface area (Å²) in [6.45, 7) is 8.21. The molecule has 0 amide bonds. The van der Waals surface area contributed by atoms with E-state index in [0.717, 1.165) is 23.9 Å². The lowest BCUT2D eigenvalue weighted by molar-refractivity contribution is 0.00578. The van der Waals surface area contributed by atoms with Crippen molar-refractivity contribution >= 4 is 12.6 Å². The Kier molecular flexibility index (Phi) is 2.97. The number of aryl methyl sites for hydroxylation is 1. The number of benzene rings is 1. The summed E-state index contributed by atoms with van der Waals surface area (Å²) < 4.78 is 12.3. The number of hydrogen-bond acceptors (Lipinski definition) is 3. The SMILES string of the molecule is CC1(C)OB(c2cccc3c2C(C#N)CC3)OC1(C)C. The first-order valence-electron chi connectivity index (χ1n) is 7.23. The van der Waals surface area contributed by atoms with Gasteiger partial charge in [-0.05, 0) is 57.1 Å². The van der Waals surface area contributed by atoms with E-state index in [2.05, 4.69) is 39.8 Å². The Morgan fingerprint density at radius 3 is 2.45 bits per heavy atom. The second-order valence-electron chi connectivity index (χ2n) is 6.73. The standard InChI is InChI=1S/C16H20BNO2/c1-15(2)16(3,4)20-17(19-15)13-7-5-6-11-8-9-12(10-18)14(11)13/h5-7,12H,8-9H2,1-4H3. The Labute approximate surface area is 121 Å². The van der Waals surface area contributed by atoms with Crippen molar-refractivity contribution < 1.29 is 9.31 Å². The van der Waals surface area contributed by atoms with E-state index < -0.39 is 0 Å². The average molecular weight is 269 g/mol. The average Bonchev–Trinajstić information content (AvgIpc) is 2.88. The molecule has 0 saturated carbocycles. The normalized spacial score (nSPS) is 26.4. The van der Waals surface area contributed by atoms with Crippen LogP contribution in [0.15, 0.2) is 18.2 Å². The monoisotopic (exact) mass is 269 g/mol. The molecule has 0 radical (unpaired) electrons. The van der Waals surface area contributed by atoms with Crippen LogP contribution in [0.3, 0.4) is 0 Å². The number of fused-ring (bicyclic) bond motifs is 1. The van der Waals surface area contributed by atoms with Crippen LogP contribution in [0.4, 0.5) is 0 Å². The first-order chi connectivity index (χ1) is 9.36. The molecule has 104 valence electrons. The Balaban J connectivity index is 2.02. The van der Waals surface area contributed by atoms with Gasteiger partial charge >= 0.3 is 7.12 Å². The summed E-state index contributed by atoms with van der Waals surface area (Å²) in [5, 5.41) is 9.35. The van der Waals surface area contributed by atoms with Gasteiger partial charge in [0.2, 0.25) is 0 Å². The van der Waals surface area contributed by atoms with Crippen LogP contribution in [0, 0.1) is 11.3 Å². The molecule has 0 spiro atoms. The number of rotatable bonds is 1. The summed E-state index contributed by atoms with van der Waals surface area (Å²) in [4.78, 5) is 0. The van der Waals surface area contributed by atoms with E-state index in [1.54, 1.807) is 0 Å². The van der Waals surface area contributed by atoms with Crippen LogP contribution in [0.1, 0.15) is 51.2 Å². The van der Waals surface area contributed by atoms with E-state index in [-0.39, 0.29) is 24.2 Å². The van der Waals surface area contributed by atoms with Crippen LogP contribution in [-0.4, -0.2) is 18.3 Å². The molecule has 3 nitrogen and oxygen atoms in total. The van der Waals surface area contributed by atoms with Gasteiger partial charge in [0, 0.05) is 0 Å². The first-order valence-corrected chi connectivity index (χ1v) is 7.23. The van der Waals surface area contributed by atoms with Gasteiger partial charge in [0.25, 0.3) is 0 Å². The molecule has 1 aliphatic carbocycles.